The second kappa shape index (κ2) is 10.4. The maximum atomic E-state index is 13.5. The first-order valence-electron chi connectivity index (χ1n) is 11.4. The van der Waals surface area contributed by atoms with E-state index < -0.39 is 5.69 Å². The summed E-state index contributed by atoms with van der Waals surface area (Å²) in [6.07, 6.45) is 0.201. The van der Waals surface area contributed by atoms with Gasteiger partial charge in [0.2, 0.25) is 5.91 Å². The Bertz CT molecular complexity index is 1640. The fourth-order valence-electron chi connectivity index (χ4n) is 4.05. The Kier molecular flexibility index (Phi) is 6.84. The van der Waals surface area contributed by atoms with Gasteiger partial charge in [0.05, 0.1) is 24.2 Å². The van der Waals surface area contributed by atoms with Crippen molar-refractivity contribution in [3.63, 3.8) is 0 Å². The van der Waals surface area contributed by atoms with Gasteiger partial charge in [0.15, 0.2) is 0 Å². The Balaban J connectivity index is 1.41. The summed E-state index contributed by atoms with van der Waals surface area (Å²) in [5.74, 6) is -0.103. The molecule has 0 radical (unpaired) electrons. The van der Waals surface area contributed by atoms with Gasteiger partial charge in [-0.15, -0.1) is 11.3 Å². The number of fused-ring (bicyclic) bond motifs is 1. The molecular weight excluding hydrogens is 494 g/mol. The Morgan fingerprint density at radius 3 is 2.25 bits per heavy atom. The number of halogens is 1. The number of amides is 1. The number of hydrogen-bond acceptors (Lipinski definition) is 4. The summed E-state index contributed by atoms with van der Waals surface area (Å²) in [4.78, 5) is 39.1. The summed E-state index contributed by atoms with van der Waals surface area (Å²) in [6, 6.07) is 25.7. The Morgan fingerprint density at radius 1 is 0.833 bits per heavy atom. The van der Waals surface area contributed by atoms with E-state index in [1.54, 1.807) is 47.0 Å². The molecule has 8 heteroatoms. The fourth-order valence-corrected chi connectivity index (χ4v) is 5.00. The second-order valence-electron chi connectivity index (χ2n) is 8.38. The molecule has 0 aliphatic carbocycles. The first-order chi connectivity index (χ1) is 17.5. The highest BCUT2D eigenvalue weighted by Gasteiger charge is 2.16. The van der Waals surface area contributed by atoms with Crippen molar-refractivity contribution in [3.8, 4) is 5.69 Å². The van der Waals surface area contributed by atoms with Gasteiger partial charge in [0, 0.05) is 11.6 Å². The number of hydrogen-bond donors (Lipinski definition) is 1. The van der Waals surface area contributed by atoms with Crippen molar-refractivity contribution in [1.29, 1.82) is 0 Å². The van der Waals surface area contributed by atoms with Crippen molar-refractivity contribution in [2.45, 2.75) is 19.5 Å². The molecule has 1 amide bonds. The topological polar surface area (TPSA) is 73.1 Å². The minimum absolute atomic E-state index is 0.103. The lowest BCUT2D eigenvalue weighted by molar-refractivity contribution is -0.120. The monoisotopic (exact) mass is 515 g/mol. The SMILES string of the molecule is O=C(Cc1ccc(-n2c(=O)c3sccc3n(Cc3ccc(Cl)cc3)c2=O)cc1)NCc1ccccc1. The van der Waals surface area contributed by atoms with E-state index >= 15 is 0 Å². The molecule has 5 rings (SSSR count). The molecule has 0 aliphatic rings. The number of carbonyl (C=O) groups is 1. The van der Waals surface area contributed by atoms with Crippen molar-refractivity contribution in [1.82, 2.24) is 14.5 Å². The van der Waals surface area contributed by atoms with E-state index in [0.717, 1.165) is 16.7 Å². The molecule has 180 valence electrons. The van der Waals surface area contributed by atoms with Crippen LogP contribution in [0, 0.1) is 0 Å². The molecule has 1 N–H and O–H groups in total. The molecule has 6 nitrogen and oxygen atoms in total. The number of carbonyl (C=O) groups excluding carboxylic acids is 1. The standard InChI is InChI=1S/C28H22ClN3O3S/c29-22-10-6-21(7-11-22)18-31-24-14-15-36-26(24)27(34)32(28(31)35)23-12-8-19(9-13-23)16-25(33)30-17-20-4-2-1-3-5-20/h1-15H,16-18H2,(H,30,33). The van der Waals surface area contributed by atoms with E-state index in [9.17, 15) is 14.4 Å². The Labute approximate surface area is 216 Å². The smallest absolute Gasteiger partial charge is 0.336 e. The van der Waals surface area contributed by atoms with Crippen LogP contribution in [-0.4, -0.2) is 15.0 Å². The van der Waals surface area contributed by atoms with Crippen LogP contribution in [-0.2, 0) is 24.3 Å². The van der Waals surface area contributed by atoms with E-state index in [-0.39, 0.29) is 17.9 Å². The predicted molar refractivity (Wildman–Crippen MR) is 144 cm³/mol. The lowest BCUT2D eigenvalue weighted by Crippen LogP contribution is -2.38. The number of nitrogens with one attached hydrogen (secondary N) is 1. The highest BCUT2D eigenvalue weighted by Crippen LogP contribution is 2.19. The molecule has 0 aliphatic heterocycles. The highest BCUT2D eigenvalue weighted by atomic mass is 35.5. The van der Waals surface area contributed by atoms with Crippen LogP contribution in [0.15, 0.2) is 99.9 Å². The van der Waals surface area contributed by atoms with E-state index in [2.05, 4.69) is 5.32 Å². The third kappa shape index (κ3) is 5.03. The molecule has 3 aromatic carbocycles. The van der Waals surface area contributed by atoms with Crippen molar-refractivity contribution in [2.75, 3.05) is 0 Å². The van der Waals surface area contributed by atoms with Gasteiger partial charge in [-0.1, -0.05) is 66.2 Å². The minimum Gasteiger partial charge on any atom is -0.352 e. The van der Waals surface area contributed by atoms with Crippen molar-refractivity contribution in [3.05, 3.63) is 133 Å². The minimum atomic E-state index is -0.422. The van der Waals surface area contributed by atoms with Gasteiger partial charge < -0.3 is 5.32 Å². The second-order valence-corrected chi connectivity index (χ2v) is 9.73. The summed E-state index contributed by atoms with van der Waals surface area (Å²) < 4.78 is 3.29. The van der Waals surface area contributed by atoms with E-state index in [1.165, 1.54) is 15.9 Å². The highest BCUT2D eigenvalue weighted by molar-refractivity contribution is 7.17. The average Bonchev–Trinajstić information content (AvgIpc) is 3.38. The van der Waals surface area contributed by atoms with Gasteiger partial charge in [0.1, 0.15) is 4.70 Å². The van der Waals surface area contributed by atoms with Gasteiger partial charge in [-0.3, -0.25) is 14.2 Å². The van der Waals surface area contributed by atoms with Crippen LogP contribution in [0.25, 0.3) is 15.9 Å². The lowest BCUT2D eigenvalue weighted by Gasteiger charge is -2.13. The summed E-state index contributed by atoms with van der Waals surface area (Å²) in [6.45, 7) is 0.768. The first kappa shape index (κ1) is 23.8. The number of rotatable bonds is 7. The summed E-state index contributed by atoms with van der Waals surface area (Å²) in [7, 11) is 0. The maximum Gasteiger partial charge on any atom is 0.336 e. The van der Waals surface area contributed by atoms with Gasteiger partial charge in [-0.25, -0.2) is 9.36 Å². The molecule has 0 saturated heterocycles. The van der Waals surface area contributed by atoms with E-state index in [0.29, 0.717) is 34.0 Å². The average molecular weight is 516 g/mol. The van der Waals surface area contributed by atoms with Crippen molar-refractivity contribution in [2.24, 2.45) is 0 Å². The van der Waals surface area contributed by atoms with Crippen LogP contribution in [0.5, 0.6) is 0 Å². The molecule has 2 heterocycles. The molecule has 5 aromatic rings. The molecule has 0 bridgehead atoms. The summed E-state index contributed by atoms with van der Waals surface area (Å²) in [5, 5.41) is 5.34. The number of benzene rings is 3. The number of nitrogens with zero attached hydrogens (tertiary/aromatic N) is 2. The molecular formula is C28H22ClN3O3S. The molecule has 0 spiro atoms. The maximum absolute atomic E-state index is 13.5. The fraction of sp³-hybridized carbons (Fsp3) is 0.107. The van der Waals surface area contributed by atoms with Crippen LogP contribution in [0.3, 0.4) is 0 Å². The Morgan fingerprint density at radius 2 is 1.53 bits per heavy atom. The van der Waals surface area contributed by atoms with E-state index in [1.807, 2.05) is 47.8 Å². The quantitative estimate of drug-likeness (QED) is 0.339. The number of aromatic nitrogens is 2. The molecule has 36 heavy (non-hydrogen) atoms. The number of thiophene rings is 1. The van der Waals surface area contributed by atoms with Crippen molar-refractivity contribution >= 4 is 39.1 Å². The Hall–Kier alpha value is -3.94. The molecule has 0 saturated carbocycles. The third-order valence-electron chi connectivity index (χ3n) is 5.90. The zero-order chi connectivity index (χ0) is 25.1. The molecule has 0 atom stereocenters. The van der Waals surface area contributed by atoms with Crippen LogP contribution < -0.4 is 16.6 Å². The van der Waals surface area contributed by atoms with Gasteiger partial charge in [-0.2, -0.15) is 0 Å². The lowest BCUT2D eigenvalue weighted by atomic mass is 10.1. The molecule has 0 fully saturated rings. The largest absolute Gasteiger partial charge is 0.352 e. The van der Waals surface area contributed by atoms with Gasteiger partial charge in [-0.05, 0) is 52.4 Å². The summed E-state index contributed by atoms with van der Waals surface area (Å²) >= 11 is 7.31. The third-order valence-corrected chi connectivity index (χ3v) is 7.04. The molecule has 2 aromatic heterocycles. The van der Waals surface area contributed by atoms with Crippen LogP contribution in [0.2, 0.25) is 5.02 Å². The zero-order valence-corrected chi connectivity index (χ0v) is 20.8. The van der Waals surface area contributed by atoms with Gasteiger partial charge >= 0.3 is 5.69 Å². The van der Waals surface area contributed by atoms with Crippen LogP contribution >= 0.6 is 22.9 Å². The summed E-state index contributed by atoms with van der Waals surface area (Å²) in [5.41, 5.74) is 3.00. The van der Waals surface area contributed by atoms with Gasteiger partial charge in [0.25, 0.3) is 5.56 Å². The zero-order valence-electron chi connectivity index (χ0n) is 19.2. The predicted octanol–water partition coefficient (Wildman–Crippen LogP) is 4.77. The normalized spacial score (nSPS) is 11.0. The van der Waals surface area contributed by atoms with Crippen LogP contribution in [0.4, 0.5) is 0 Å². The first-order valence-corrected chi connectivity index (χ1v) is 12.6. The van der Waals surface area contributed by atoms with Crippen molar-refractivity contribution < 1.29 is 4.79 Å². The van der Waals surface area contributed by atoms with Crippen LogP contribution in [0.1, 0.15) is 16.7 Å². The van der Waals surface area contributed by atoms with E-state index in [4.69, 9.17) is 11.6 Å². The molecule has 0 unspecified atom stereocenters.